The monoisotopic (exact) mass is 423 g/mol. The van der Waals surface area contributed by atoms with Crippen molar-refractivity contribution in [2.45, 2.75) is 6.42 Å². The van der Waals surface area contributed by atoms with Crippen molar-refractivity contribution >= 4 is 27.6 Å². The number of aromatic hydroxyl groups is 2. The Morgan fingerprint density at radius 3 is 2.55 bits per heavy atom. The molecule has 8 heteroatoms. The van der Waals surface area contributed by atoms with Gasteiger partial charge in [-0.3, -0.25) is 9.78 Å². The summed E-state index contributed by atoms with van der Waals surface area (Å²) in [6.45, 7) is -0.0697. The molecule has 0 fully saturated rings. The smallest absolute Gasteiger partial charge is 0.255 e. The van der Waals surface area contributed by atoms with E-state index in [2.05, 4.69) is 4.98 Å². The maximum Gasteiger partial charge on any atom is 0.255 e. The highest BCUT2D eigenvalue weighted by Crippen LogP contribution is 2.42. The van der Waals surface area contributed by atoms with Crippen molar-refractivity contribution in [1.29, 1.82) is 0 Å². The van der Waals surface area contributed by atoms with Crippen LogP contribution in [0.4, 0.5) is 4.39 Å². The number of aromatic nitrogens is 2. The van der Waals surface area contributed by atoms with Crippen molar-refractivity contribution in [3.05, 3.63) is 65.2 Å². The SMILES string of the molecule is CN(CCO)C(=O)c1c2cc(Cc3ccc(F)cc3)cnc2c(O)c2c(O)n(C)cc12. The summed E-state index contributed by atoms with van der Waals surface area (Å²) in [5, 5.41) is 31.5. The molecule has 0 radical (unpaired) electrons. The molecular formula is C23H22FN3O4. The predicted octanol–water partition coefficient (Wildman–Crippen LogP) is 2.93. The van der Waals surface area contributed by atoms with Gasteiger partial charge in [-0.25, -0.2) is 4.39 Å². The van der Waals surface area contributed by atoms with Gasteiger partial charge in [0.1, 0.15) is 11.3 Å². The van der Waals surface area contributed by atoms with Crippen molar-refractivity contribution in [2.75, 3.05) is 20.2 Å². The minimum atomic E-state index is -0.365. The number of hydrogen-bond acceptors (Lipinski definition) is 5. The number of aryl methyl sites for hydroxylation is 1. The summed E-state index contributed by atoms with van der Waals surface area (Å²) in [5.74, 6) is -1.07. The van der Waals surface area contributed by atoms with E-state index in [9.17, 15) is 24.5 Å². The second kappa shape index (κ2) is 7.88. The van der Waals surface area contributed by atoms with Crippen LogP contribution in [0.5, 0.6) is 11.6 Å². The van der Waals surface area contributed by atoms with Gasteiger partial charge in [-0.05, 0) is 35.7 Å². The van der Waals surface area contributed by atoms with Crippen LogP contribution in [0.3, 0.4) is 0 Å². The summed E-state index contributed by atoms with van der Waals surface area (Å²) < 4.78 is 14.6. The molecule has 31 heavy (non-hydrogen) atoms. The van der Waals surface area contributed by atoms with E-state index in [0.717, 1.165) is 11.1 Å². The molecular weight excluding hydrogens is 401 g/mol. The summed E-state index contributed by atoms with van der Waals surface area (Å²) in [6.07, 6.45) is 3.63. The maximum absolute atomic E-state index is 13.3. The van der Waals surface area contributed by atoms with E-state index in [0.29, 0.717) is 17.2 Å². The highest BCUT2D eigenvalue weighted by Gasteiger charge is 2.25. The Morgan fingerprint density at radius 2 is 1.87 bits per heavy atom. The molecule has 2 aromatic carbocycles. The number of aliphatic hydroxyl groups excluding tert-OH is 1. The van der Waals surface area contributed by atoms with Crippen molar-refractivity contribution in [2.24, 2.45) is 7.05 Å². The Balaban J connectivity index is 1.96. The highest BCUT2D eigenvalue weighted by atomic mass is 19.1. The van der Waals surface area contributed by atoms with Crippen LogP contribution in [-0.4, -0.2) is 55.9 Å². The van der Waals surface area contributed by atoms with E-state index in [1.807, 2.05) is 0 Å². The quantitative estimate of drug-likeness (QED) is 0.458. The van der Waals surface area contributed by atoms with E-state index in [1.165, 1.54) is 21.6 Å². The Bertz CT molecular complexity index is 1300. The van der Waals surface area contributed by atoms with Gasteiger partial charge in [-0.2, -0.15) is 0 Å². The lowest BCUT2D eigenvalue weighted by Gasteiger charge is -2.18. The van der Waals surface area contributed by atoms with Gasteiger partial charge in [-0.15, -0.1) is 0 Å². The number of rotatable bonds is 5. The van der Waals surface area contributed by atoms with Crippen LogP contribution in [-0.2, 0) is 13.5 Å². The first-order chi connectivity index (χ1) is 14.8. The molecule has 4 aromatic rings. The molecule has 0 atom stereocenters. The third-order valence-corrected chi connectivity index (χ3v) is 5.41. The number of pyridine rings is 1. The Kier molecular flexibility index (Phi) is 5.24. The highest BCUT2D eigenvalue weighted by molar-refractivity contribution is 6.21. The summed E-state index contributed by atoms with van der Waals surface area (Å²) >= 11 is 0. The number of fused-ring (bicyclic) bond motifs is 2. The Labute approximate surface area is 177 Å². The van der Waals surface area contributed by atoms with Crippen LogP contribution in [0.25, 0.3) is 21.7 Å². The summed E-state index contributed by atoms with van der Waals surface area (Å²) in [4.78, 5) is 19.0. The number of carbonyl (C=O) groups excluding carboxylic acids is 1. The molecule has 7 nitrogen and oxygen atoms in total. The molecule has 2 heterocycles. The molecule has 1 amide bonds. The minimum absolute atomic E-state index is 0.129. The largest absolute Gasteiger partial charge is 0.505 e. The van der Waals surface area contributed by atoms with E-state index in [-0.39, 0.29) is 53.0 Å². The lowest BCUT2D eigenvalue weighted by molar-refractivity contribution is 0.0770. The second-order valence-electron chi connectivity index (χ2n) is 7.57. The standard InChI is InChI=1S/C23H22FN3O4/c1-26(7-8-28)22(30)18-16-10-14(9-13-3-5-15(24)6-4-13)11-25-20(16)21(29)19-17(18)12-27(2)23(19)31/h3-6,10-12,28-29,31H,7-9H2,1-2H3. The molecule has 0 bridgehead atoms. The average Bonchev–Trinajstić information content (AvgIpc) is 3.04. The fraction of sp³-hybridized carbons (Fsp3) is 0.217. The van der Waals surface area contributed by atoms with Crippen LogP contribution >= 0.6 is 0 Å². The average molecular weight is 423 g/mol. The van der Waals surface area contributed by atoms with E-state index in [1.54, 1.807) is 44.7 Å². The maximum atomic E-state index is 13.3. The van der Waals surface area contributed by atoms with Gasteiger partial charge in [0.05, 0.1) is 17.6 Å². The van der Waals surface area contributed by atoms with Gasteiger partial charge in [0.2, 0.25) is 5.88 Å². The van der Waals surface area contributed by atoms with Gasteiger partial charge < -0.3 is 24.8 Å². The second-order valence-corrected chi connectivity index (χ2v) is 7.57. The zero-order chi connectivity index (χ0) is 22.3. The molecule has 0 unspecified atom stereocenters. The summed E-state index contributed by atoms with van der Waals surface area (Å²) in [6, 6.07) is 7.89. The van der Waals surface area contributed by atoms with E-state index < -0.39 is 0 Å². The van der Waals surface area contributed by atoms with Crippen molar-refractivity contribution in [3.8, 4) is 11.6 Å². The van der Waals surface area contributed by atoms with Crippen LogP contribution in [0.2, 0.25) is 0 Å². The molecule has 3 N–H and O–H groups in total. The molecule has 160 valence electrons. The van der Waals surface area contributed by atoms with Gasteiger partial charge in [0.25, 0.3) is 5.91 Å². The fourth-order valence-electron chi connectivity index (χ4n) is 3.80. The molecule has 0 saturated carbocycles. The number of nitrogens with zero attached hydrogens (tertiary/aromatic N) is 3. The number of phenols is 1. The van der Waals surface area contributed by atoms with E-state index >= 15 is 0 Å². The van der Waals surface area contributed by atoms with Gasteiger partial charge in [0.15, 0.2) is 5.75 Å². The predicted molar refractivity (Wildman–Crippen MR) is 115 cm³/mol. The van der Waals surface area contributed by atoms with Crippen LogP contribution in [0.15, 0.2) is 42.7 Å². The summed E-state index contributed by atoms with van der Waals surface area (Å²) in [5.41, 5.74) is 2.12. The van der Waals surface area contributed by atoms with Gasteiger partial charge in [-0.1, -0.05) is 12.1 Å². The van der Waals surface area contributed by atoms with Gasteiger partial charge >= 0.3 is 0 Å². The van der Waals surface area contributed by atoms with Crippen molar-refractivity contribution in [1.82, 2.24) is 14.5 Å². The molecule has 0 aliphatic heterocycles. The molecule has 0 spiro atoms. The fourth-order valence-corrected chi connectivity index (χ4v) is 3.80. The van der Waals surface area contributed by atoms with Crippen LogP contribution in [0.1, 0.15) is 21.5 Å². The Morgan fingerprint density at radius 1 is 1.16 bits per heavy atom. The zero-order valence-corrected chi connectivity index (χ0v) is 17.1. The number of amides is 1. The summed E-state index contributed by atoms with van der Waals surface area (Å²) in [7, 11) is 3.18. The van der Waals surface area contributed by atoms with Crippen molar-refractivity contribution in [3.63, 3.8) is 0 Å². The topological polar surface area (TPSA) is 98.8 Å². The lowest BCUT2D eigenvalue weighted by atomic mass is 9.97. The first-order valence-corrected chi connectivity index (χ1v) is 9.74. The molecule has 0 aliphatic rings. The molecule has 2 aromatic heterocycles. The number of aliphatic hydroxyl groups is 1. The third-order valence-electron chi connectivity index (χ3n) is 5.41. The first-order valence-electron chi connectivity index (χ1n) is 9.74. The normalized spacial score (nSPS) is 11.4. The number of halogens is 1. The first kappa shape index (κ1) is 20.6. The number of likely N-dealkylation sites (N-methyl/N-ethyl adjacent to an activating group) is 1. The van der Waals surface area contributed by atoms with Crippen molar-refractivity contribution < 1.29 is 24.5 Å². The Hall–Kier alpha value is -3.65. The van der Waals surface area contributed by atoms with Crippen LogP contribution < -0.4 is 0 Å². The van der Waals surface area contributed by atoms with Gasteiger partial charge in [0, 0.05) is 43.8 Å². The lowest BCUT2D eigenvalue weighted by Crippen LogP contribution is -2.29. The number of phenolic OH excluding ortho intramolecular Hbond substituents is 1. The molecule has 0 aliphatic carbocycles. The number of benzene rings is 2. The third kappa shape index (κ3) is 3.55. The minimum Gasteiger partial charge on any atom is -0.505 e. The van der Waals surface area contributed by atoms with Crippen LogP contribution in [0, 0.1) is 5.82 Å². The molecule has 4 rings (SSSR count). The van der Waals surface area contributed by atoms with E-state index in [4.69, 9.17) is 0 Å². The number of hydrogen-bond donors (Lipinski definition) is 3. The number of carbonyl (C=O) groups is 1. The zero-order valence-electron chi connectivity index (χ0n) is 17.1. The molecule has 0 saturated heterocycles.